The highest BCUT2D eigenvalue weighted by Gasteiger charge is 2.26. The molecule has 2 fully saturated rings. The maximum absolute atomic E-state index is 13.0. The van der Waals surface area contributed by atoms with Crippen LogP contribution in [0.4, 0.5) is 0 Å². The van der Waals surface area contributed by atoms with Crippen LogP contribution in [0.3, 0.4) is 0 Å². The van der Waals surface area contributed by atoms with Crippen molar-refractivity contribution in [3.8, 4) is 5.75 Å². The first-order valence-corrected chi connectivity index (χ1v) is 9.58. The Hall–Kier alpha value is -2.15. The summed E-state index contributed by atoms with van der Waals surface area (Å²) in [6.07, 6.45) is 0.172. The summed E-state index contributed by atoms with van der Waals surface area (Å²) in [7, 11) is 0. The Bertz CT molecular complexity index is 832. The molecule has 4 rings (SSSR count). The van der Waals surface area contributed by atoms with Crippen molar-refractivity contribution in [2.75, 3.05) is 46.0 Å². The summed E-state index contributed by atoms with van der Waals surface area (Å²) in [5, 5.41) is 13.0. The van der Waals surface area contributed by atoms with E-state index in [-0.39, 0.29) is 17.8 Å². The molecule has 2 aliphatic rings. The predicted octanol–water partition coefficient (Wildman–Crippen LogP) is 2.24. The van der Waals surface area contributed by atoms with Crippen LogP contribution >= 0.6 is 0 Å². The third-order valence-electron chi connectivity index (χ3n) is 5.36. The van der Waals surface area contributed by atoms with Crippen LogP contribution in [-0.4, -0.2) is 72.9 Å². The van der Waals surface area contributed by atoms with E-state index in [1.807, 2.05) is 30.3 Å². The van der Waals surface area contributed by atoms with E-state index in [0.29, 0.717) is 45.0 Å². The number of benzene rings is 2. The smallest absolute Gasteiger partial charge is 0.257 e. The monoisotopic (exact) mass is 370 g/mol. The van der Waals surface area contributed by atoms with E-state index < -0.39 is 0 Å². The van der Waals surface area contributed by atoms with Gasteiger partial charge in [0.1, 0.15) is 5.75 Å². The van der Waals surface area contributed by atoms with Gasteiger partial charge in [0.05, 0.1) is 31.5 Å². The van der Waals surface area contributed by atoms with Gasteiger partial charge in [-0.25, -0.2) is 0 Å². The van der Waals surface area contributed by atoms with Crippen LogP contribution in [0.2, 0.25) is 0 Å². The third kappa shape index (κ3) is 3.78. The average Bonchev–Trinajstić information content (AvgIpc) is 2.70. The Morgan fingerprint density at radius 2 is 1.96 bits per heavy atom. The van der Waals surface area contributed by atoms with Gasteiger partial charge in [0, 0.05) is 38.3 Å². The zero-order valence-electron chi connectivity index (χ0n) is 15.7. The average molecular weight is 370 g/mol. The number of aromatic hydroxyl groups is 1. The summed E-state index contributed by atoms with van der Waals surface area (Å²) in [5.41, 5.74) is 1.20. The molecule has 0 bridgehead atoms. The van der Waals surface area contributed by atoms with Gasteiger partial charge in [-0.1, -0.05) is 24.3 Å². The summed E-state index contributed by atoms with van der Waals surface area (Å²) in [5.74, 6) is -0.0255. The van der Waals surface area contributed by atoms with E-state index >= 15 is 0 Å². The molecule has 0 saturated carbocycles. The summed E-state index contributed by atoms with van der Waals surface area (Å²) < 4.78 is 11.0. The molecule has 6 heteroatoms. The lowest BCUT2D eigenvalue weighted by Gasteiger charge is -2.32. The first-order valence-electron chi connectivity index (χ1n) is 9.58. The van der Waals surface area contributed by atoms with Gasteiger partial charge in [-0.05, 0) is 23.8 Å². The van der Waals surface area contributed by atoms with Gasteiger partial charge < -0.3 is 19.5 Å². The van der Waals surface area contributed by atoms with Crippen molar-refractivity contribution in [3.63, 3.8) is 0 Å². The SMILES string of the molecule is CC1CN(Cc2c(O)c(C(=O)N3CCOCC3)cc3ccccc23)CCO1. The first kappa shape index (κ1) is 18.2. The van der Waals surface area contributed by atoms with Gasteiger partial charge in [-0.2, -0.15) is 0 Å². The molecule has 2 saturated heterocycles. The largest absolute Gasteiger partial charge is 0.507 e. The van der Waals surface area contributed by atoms with E-state index in [1.165, 1.54) is 0 Å². The number of carbonyl (C=O) groups is 1. The molecule has 1 amide bonds. The van der Waals surface area contributed by atoms with E-state index in [9.17, 15) is 9.90 Å². The molecule has 1 atom stereocenters. The molecule has 2 aromatic carbocycles. The number of morpholine rings is 2. The van der Waals surface area contributed by atoms with Crippen molar-refractivity contribution >= 4 is 16.7 Å². The highest BCUT2D eigenvalue weighted by Crippen LogP contribution is 2.33. The van der Waals surface area contributed by atoms with Crippen LogP contribution in [-0.2, 0) is 16.0 Å². The van der Waals surface area contributed by atoms with Crippen molar-refractivity contribution in [1.29, 1.82) is 0 Å². The third-order valence-corrected chi connectivity index (χ3v) is 5.36. The lowest BCUT2D eigenvalue weighted by Crippen LogP contribution is -2.41. The Morgan fingerprint density at radius 3 is 2.74 bits per heavy atom. The summed E-state index contributed by atoms with van der Waals surface area (Å²) in [6.45, 7) is 7.17. The predicted molar refractivity (Wildman–Crippen MR) is 103 cm³/mol. The maximum atomic E-state index is 13.0. The minimum atomic E-state index is -0.127. The van der Waals surface area contributed by atoms with Crippen molar-refractivity contribution in [2.24, 2.45) is 0 Å². The molecular weight excluding hydrogens is 344 g/mol. The molecule has 0 spiro atoms. The fourth-order valence-corrected chi connectivity index (χ4v) is 3.93. The molecular formula is C21H26N2O4. The standard InChI is InChI=1S/C21H26N2O4/c1-15-13-22(6-11-27-15)14-19-17-5-3-2-4-16(17)12-18(20(19)24)21(25)23-7-9-26-10-8-23/h2-5,12,15,24H,6-11,13-14H2,1H3. The number of ether oxygens (including phenoxy) is 2. The van der Waals surface area contributed by atoms with E-state index in [2.05, 4.69) is 11.8 Å². The topological polar surface area (TPSA) is 62.2 Å². The molecule has 1 unspecified atom stereocenters. The molecule has 6 nitrogen and oxygen atoms in total. The Balaban J connectivity index is 1.72. The number of hydrogen-bond acceptors (Lipinski definition) is 5. The summed E-state index contributed by atoms with van der Waals surface area (Å²) in [4.78, 5) is 17.1. The maximum Gasteiger partial charge on any atom is 0.257 e. The Labute approximate surface area is 159 Å². The lowest BCUT2D eigenvalue weighted by molar-refractivity contribution is -0.0212. The normalized spacial score (nSPS) is 21.5. The van der Waals surface area contributed by atoms with Crippen molar-refractivity contribution < 1.29 is 19.4 Å². The van der Waals surface area contributed by atoms with Crippen LogP contribution in [0.25, 0.3) is 10.8 Å². The Morgan fingerprint density at radius 1 is 1.19 bits per heavy atom. The van der Waals surface area contributed by atoms with Crippen LogP contribution in [0.5, 0.6) is 5.75 Å². The van der Waals surface area contributed by atoms with E-state index in [4.69, 9.17) is 9.47 Å². The minimum Gasteiger partial charge on any atom is -0.507 e. The second kappa shape index (κ2) is 7.84. The van der Waals surface area contributed by atoms with Crippen molar-refractivity contribution in [3.05, 3.63) is 41.5 Å². The van der Waals surface area contributed by atoms with Crippen molar-refractivity contribution in [1.82, 2.24) is 9.80 Å². The molecule has 2 heterocycles. The summed E-state index contributed by atoms with van der Waals surface area (Å²) >= 11 is 0. The minimum absolute atomic E-state index is 0.101. The number of nitrogens with zero attached hydrogens (tertiary/aromatic N) is 2. The van der Waals surface area contributed by atoms with Crippen LogP contribution in [0, 0.1) is 0 Å². The van der Waals surface area contributed by atoms with E-state index in [0.717, 1.165) is 29.4 Å². The Kier molecular flexibility index (Phi) is 5.29. The lowest BCUT2D eigenvalue weighted by atomic mass is 9.97. The highest BCUT2D eigenvalue weighted by molar-refractivity contribution is 6.03. The molecule has 2 aromatic rings. The van der Waals surface area contributed by atoms with Gasteiger partial charge in [0.2, 0.25) is 0 Å². The van der Waals surface area contributed by atoms with Gasteiger partial charge in [0.25, 0.3) is 5.91 Å². The fraction of sp³-hybridized carbons (Fsp3) is 0.476. The number of amides is 1. The quantitative estimate of drug-likeness (QED) is 0.898. The molecule has 0 radical (unpaired) electrons. The first-order chi connectivity index (χ1) is 13.1. The van der Waals surface area contributed by atoms with Crippen LogP contribution in [0.15, 0.2) is 30.3 Å². The van der Waals surface area contributed by atoms with Gasteiger partial charge in [-0.3, -0.25) is 9.69 Å². The molecule has 1 N–H and O–H groups in total. The van der Waals surface area contributed by atoms with Gasteiger partial charge in [0.15, 0.2) is 0 Å². The number of fused-ring (bicyclic) bond motifs is 1. The number of hydrogen-bond donors (Lipinski definition) is 1. The second-order valence-corrected chi connectivity index (χ2v) is 7.29. The molecule has 144 valence electrons. The fourth-order valence-electron chi connectivity index (χ4n) is 3.93. The van der Waals surface area contributed by atoms with Crippen LogP contribution < -0.4 is 0 Å². The van der Waals surface area contributed by atoms with Crippen LogP contribution in [0.1, 0.15) is 22.8 Å². The summed E-state index contributed by atoms with van der Waals surface area (Å²) in [6, 6.07) is 9.75. The zero-order valence-corrected chi connectivity index (χ0v) is 15.7. The second-order valence-electron chi connectivity index (χ2n) is 7.29. The number of rotatable bonds is 3. The zero-order chi connectivity index (χ0) is 18.8. The molecule has 0 aromatic heterocycles. The number of phenolic OH excluding ortho intramolecular Hbond substituents is 1. The van der Waals surface area contributed by atoms with Gasteiger partial charge in [-0.15, -0.1) is 0 Å². The highest BCUT2D eigenvalue weighted by atomic mass is 16.5. The van der Waals surface area contributed by atoms with Crippen molar-refractivity contribution in [2.45, 2.75) is 19.6 Å². The van der Waals surface area contributed by atoms with Gasteiger partial charge >= 0.3 is 0 Å². The van der Waals surface area contributed by atoms with E-state index in [1.54, 1.807) is 4.90 Å². The molecule has 27 heavy (non-hydrogen) atoms. The number of phenols is 1. The molecule has 0 aliphatic carbocycles. The molecule has 2 aliphatic heterocycles. The number of carbonyl (C=O) groups excluding carboxylic acids is 1.